The Kier molecular flexibility index (Phi) is 8.34. The molecule has 0 saturated carbocycles. The molecule has 3 atom stereocenters. The summed E-state index contributed by atoms with van der Waals surface area (Å²) < 4.78 is 5.81. The molecule has 0 unspecified atom stereocenters. The Labute approximate surface area is 219 Å². The molecular formula is C26H32N6O4S. The number of amides is 3. The predicted molar refractivity (Wildman–Crippen MR) is 139 cm³/mol. The van der Waals surface area contributed by atoms with E-state index in [0.717, 1.165) is 5.56 Å². The Bertz CT molecular complexity index is 1260. The van der Waals surface area contributed by atoms with Gasteiger partial charge in [-0.25, -0.2) is 9.97 Å². The highest BCUT2D eigenvalue weighted by atomic mass is 32.1. The third-order valence-corrected chi connectivity index (χ3v) is 7.11. The summed E-state index contributed by atoms with van der Waals surface area (Å²) in [6.45, 7) is 7.76. The van der Waals surface area contributed by atoms with E-state index in [-0.39, 0.29) is 47.6 Å². The van der Waals surface area contributed by atoms with Crippen LogP contribution in [0.4, 0.5) is 0 Å². The van der Waals surface area contributed by atoms with Crippen molar-refractivity contribution in [3.05, 3.63) is 69.3 Å². The van der Waals surface area contributed by atoms with Gasteiger partial charge in [0.05, 0.1) is 12.6 Å². The summed E-state index contributed by atoms with van der Waals surface area (Å²) in [7, 11) is 0. The highest BCUT2D eigenvalue weighted by molar-refractivity contribution is 7.09. The maximum atomic E-state index is 13.0. The second-order valence-electron chi connectivity index (χ2n) is 9.50. The molecule has 0 fully saturated rings. The van der Waals surface area contributed by atoms with Crippen molar-refractivity contribution >= 4 is 29.1 Å². The van der Waals surface area contributed by atoms with Crippen LogP contribution in [-0.4, -0.2) is 46.8 Å². The van der Waals surface area contributed by atoms with Crippen molar-refractivity contribution in [3.8, 4) is 0 Å². The average Bonchev–Trinajstić information content (AvgIpc) is 3.50. The quantitative estimate of drug-likeness (QED) is 0.413. The van der Waals surface area contributed by atoms with E-state index in [1.54, 1.807) is 19.2 Å². The lowest BCUT2D eigenvalue weighted by molar-refractivity contribution is -0.121. The lowest BCUT2D eigenvalue weighted by atomic mass is 10.0. The fraction of sp³-hybridized carbons (Fsp3) is 0.423. The van der Waals surface area contributed by atoms with Crippen molar-refractivity contribution in [2.45, 2.75) is 52.2 Å². The minimum absolute atomic E-state index is 0.0266. The number of nitrogens with one attached hydrogen (secondary N) is 4. The molecule has 2 aromatic heterocycles. The summed E-state index contributed by atoms with van der Waals surface area (Å²) in [5, 5.41) is 14.3. The molecule has 37 heavy (non-hydrogen) atoms. The topological polar surface area (TPSA) is 138 Å². The Morgan fingerprint density at radius 1 is 1.05 bits per heavy atom. The monoisotopic (exact) mass is 524 g/mol. The van der Waals surface area contributed by atoms with Gasteiger partial charge in [0, 0.05) is 18.0 Å². The smallest absolute Gasteiger partial charge is 0.274 e. The van der Waals surface area contributed by atoms with Gasteiger partial charge < -0.3 is 25.7 Å². The third kappa shape index (κ3) is 6.60. The van der Waals surface area contributed by atoms with Gasteiger partial charge in [0.1, 0.15) is 22.5 Å². The second-order valence-corrected chi connectivity index (χ2v) is 10.4. The van der Waals surface area contributed by atoms with Gasteiger partial charge in [-0.05, 0) is 31.7 Å². The summed E-state index contributed by atoms with van der Waals surface area (Å²) >= 11 is 1.30. The number of oxazole rings is 1. The molecule has 3 aromatic rings. The summed E-state index contributed by atoms with van der Waals surface area (Å²) in [5.41, 5.74) is 1.49. The fourth-order valence-corrected chi connectivity index (χ4v) is 4.91. The zero-order valence-corrected chi connectivity index (χ0v) is 22.1. The third-order valence-electron chi connectivity index (χ3n) is 6.09. The lowest BCUT2D eigenvalue weighted by Gasteiger charge is -2.21. The van der Waals surface area contributed by atoms with Crippen LogP contribution in [0.25, 0.3) is 0 Å². The summed E-state index contributed by atoms with van der Waals surface area (Å²) in [6.07, 6.45) is 0.581. The number of aryl methyl sites for hydroxylation is 1. The van der Waals surface area contributed by atoms with Crippen molar-refractivity contribution in [1.82, 2.24) is 31.2 Å². The van der Waals surface area contributed by atoms with Gasteiger partial charge >= 0.3 is 0 Å². The number of aromatic nitrogens is 2. The molecule has 10 nitrogen and oxygen atoms in total. The van der Waals surface area contributed by atoms with Crippen LogP contribution in [0.15, 0.2) is 40.1 Å². The molecule has 0 saturated heterocycles. The van der Waals surface area contributed by atoms with Crippen molar-refractivity contribution in [2.24, 2.45) is 5.92 Å². The number of carbonyl (C=O) groups is 3. The Morgan fingerprint density at radius 2 is 1.81 bits per heavy atom. The van der Waals surface area contributed by atoms with Crippen molar-refractivity contribution in [3.63, 3.8) is 0 Å². The maximum Gasteiger partial charge on any atom is 0.274 e. The molecule has 0 radical (unpaired) electrons. The van der Waals surface area contributed by atoms with Crippen LogP contribution in [0, 0.1) is 12.8 Å². The Morgan fingerprint density at radius 3 is 2.54 bits per heavy atom. The Balaban J connectivity index is 1.62. The van der Waals surface area contributed by atoms with Crippen LogP contribution in [0.1, 0.15) is 76.1 Å². The highest BCUT2D eigenvalue weighted by Crippen LogP contribution is 2.24. The van der Waals surface area contributed by atoms with Gasteiger partial charge in [0.15, 0.2) is 5.69 Å². The standard InChI is InChI=1S/C26H32N6O4S/c1-14(2)21-25-32-22(16(4)36-25)24(35)28-15(3)26-30-19(13-37-26)23(34)29-18(11-27-12-20(33)31-21)10-17-8-6-5-7-9-17/h5-9,13-15,18,21,27H,10-12H2,1-4H3,(H,28,35)(H,29,34)(H,31,33)/t15-,18-,21+/m1/s1. The molecule has 1 aliphatic heterocycles. The molecule has 1 aliphatic rings. The Hall–Kier alpha value is -3.57. The summed E-state index contributed by atoms with van der Waals surface area (Å²) in [4.78, 5) is 47.7. The number of carbonyl (C=O) groups excluding carboxylic acids is 3. The van der Waals surface area contributed by atoms with Crippen molar-refractivity contribution in [1.29, 1.82) is 0 Å². The van der Waals surface area contributed by atoms with Crippen LogP contribution >= 0.6 is 11.3 Å². The summed E-state index contributed by atoms with van der Waals surface area (Å²) in [6, 6.07) is 8.60. The number of fused-ring (bicyclic) bond motifs is 4. The van der Waals surface area contributed by atoms with Gasteiger partial charge in [-0.2, -0.15) is 0 Å². The predicted octanol–water partition coefficient (Wildman–Crippen LogP) is 2.69. The van der Waals surface area contributed by atoms with E-state index in [2.05, 4.69) is 31.2 Å². The van der Waals surface area contributed by atoms with E-state index in [9.17, 15) is 14.4 Å². The minimum atomic E-state index is -0.507. The van der Waals surface area contributed by atoms with Crippen LogP contribution < -0.4 is 21.3 Å². The van der Waals surface area contributed by atoms with Crippen LogP contribution in [0.3, 0.4) is 0 Å². The van der Waals surface area contributed by atoms with E-state index in [0.29, 0.717) is 23.7 Å². The van der Waals surface area contributed by atoms with Gasteiger partial charge in [0.2, 0.25) is 11.8 Å². The van der Waals surface area contributed by atoms with Gasteiger partial charge in [0.25, 0.3) is 11.8 Å². The first kappa shape index (κ1) is 26.5. The molecule has 1 aromatic carbocycles. The van der Waals surface area contributed by atoms with E-state index in [4.69, 9.17) is 4.42 Å². The zero-order valence-electron chi connectivity index (χ0n) is 21.3. The first-order valence-corrected chi connectivity index (χ1v) is 13.2. The number of hydrogen-bond acceptors (Lipinski definition) is 8. The largest absolute Gasteiger partial charge is 0.443 e. The number of rotatable bonds is 3. The molecule has 4 rings (SSSR count). The molecule has 196 valence electrons. The average molecular weight is 525 g/mol. The van der Waals surface area contributed by atoms with Crippen molar-refractivity contribution in [2.75, 3.05) is 13.1 Å². The molecule has 4 N–H and O–H groups in total. The SMILES string of the molecule is Cc1oc2nc1C(=O)N[C@H](C)c1nc(cs1)C(=O)N[C@H](Cc1ccccc1)CNCC(=O)N[C@H]2C(C)C. The van der Waals surface area contributed by atoms with Gasteiger partial charge in [-0.3, -0.25) is 14.4 Å². The highest BCUT2D eigenvalue weighted by Gasteiger charge is 2.28. The van der Waals surface area contributed by atoms with Crippen LogP contribution in [0.5, 0.6) is 0 Å². The van der Waals surface area contributed by atoms with Gasteiger partial charge in [-0.1, -0.05) is 44.2 Å². The molecule has 0 aliphatic carbocycles. The van der Waals surface area contributed by atoms with E-state index in [1.165, 1.54) is 11.3 Å². The van der Waals surface area contributed by atoms with Gasteiger partial charge in [-0.15, -0.1) is 11.3 Å². The molecule has 3 amide bonds. The number of thiazole rings is 1. The van der Waals surface area contributed by atoms with Crippen LogP contribution in [-0.2, 0) is 11.2 Å². The van der Waals surface area contributed by atoms with E-state index < -0.39 is 18.0 Å². The maximum absolute atomic E-state index is 13.0. The normalized spacial score (nSPS) is 21.5. The van der Waals surface area contributed by atoms with Crippen LogP contribution in [0.2, 0.25) is 0 Å². The first-order valence-electron chi connectivity index (χ1n) is 12.3. The lowest BCUT2D eigenvalue weighted by Crippen LogP contribution is -2.46. The molecule has 4 bridgehead atoms. The number of hydrogen-bond donors (Lipinski definition) is 4. The molecular weight excluding hydrogens is 492 g/mol. The summed E-state index contributed by atoms with van der Waals surface area (Å²) in [5.74, 6) is -0.360. The fourth-order valence-electron chi connectivity index (χ4n) is 4.11. The first-order chi connectivity index (χ1) is 17.7. The second kappa shape index (κ2) is 11.7. The molecule has 11 heteroatoms. The minimum Gasteiger partial charge on any atom is -0.443 e. The molecule has 0 spiro atoms. The van der Waals surface area contributed by atoms with E-state index >= 15 is 0 Å². The van der Waals surface area contributed by atoms with Crippen molar-refractivity contribution < 1.29 is 18.8 Å². The molecule has 3 heterocycles. The van der Waals surface area contributed by atoms with E-state index in [1.807, 2.05) is 44.2 Å². The number of nitrogens with zero attached hydrogens (tertiary/aromatic N) is 2. The number of benzene rings is 1. The zero-order chi connectivity index (χ0) is 26.5.